The van der Waals surface area contributed by atoms with Gasteiger partial charge in [-0.2, -0.15) is 0 Å². The zero-order valence-corrected chi connectivity index (χ0v) is 17.2. The van der Waals surface area contributed by atoms with Crippen molar-refractivity contribution in [1.29, 1.82) is 0 Å². The van der Waals surface area contributed by atoms with Crippen LogP contribution in [0.3, 0.4) is 0 Å². The van der Waals surface area contributed by atoms with Crippen molar-refractivity contribution in [3.63, 3.8) is 0 Å². The lowest BCUT2D eigenvalue weighted by molar-refractivity contribution is -0.896. The van der Waals surface area contributed by atoms with Crippen LogP contribution >= 0.6 is 0 Å². The number of benzene rings is 1. The summed E-state index contributed by atoms with van der Waals surface area (Å²) in [6.07, 6.45) is 1.90. The molecule has 1 rings (SSSR count). The van der Waals surface area contributed by atoms with E-state index in [1.807, 2.05) is 34.6 Å². The van der Waals surface area contributed by atoms with Gasteiger partial charge in [0.05, 0.1) is 24.5 Å². The second-order valence-corrected chi connectivity index (χ2v) is 8.61. The van der Waals surface area contributed by atoms with Crippen LogP contribution in [0.25, 0.3) is 0 Å². The molecule has 0 unspecified atom stereocenters. The van der Waals surface area contributed by atoms with Crippen LogP contribution in [0, 0.1) is 27.7 Å². The van der Waals surface area contributed by atoms with Gasteiger partial charge in [-0.15, -0.1) is 0 Å². The molecule has 4 nitrogen and oxygen atoms in total. The molecule has 1 aromatic carbocycles. The number of hydrogen-bond acceptors (Lipinski definition) is 2. The number of hydrogen-bond donors (Lipinski definition) is 2. The summed E-state index contributed by atoms with van der Waals surface area (Å²) < 4.78 is 28.6. The zero-order valence-electron chi connectivity index (χ0n) is 16.4. The summed E-state index contributed by atoms with van der Waals surface area (Å²) >= 11 is 0. The fourth-order valence-corrected chi connectivity index (χ4v) is 5.12. The van der Waals surface area contributed by atoms with Crippen LogP contribution in [0.1, 0.15) is 55.9 Å². The van der Waals surface area contributed by atoms with Gasteiger partial charge in [-0.1, -0.05) is 6.07 Å². The predicted octanol–water partition coefficient (Wildman–Crippen LogP) is 2.29. The summed E-state index contributed by atoms with van der Waals surface area (Å²) in [5.41, 5.74) is 3.75. The van der Waals surface area contributed by atoms with Crippen molar-refractivity contribution in [3.05, 3.63) is 28.3 Å². The van der Waals surface area contributed by atoms with Crippen molar-refractivity contribution >= 4 is 10.0 Å². The van der Waals surface area contributed by atoms with Gasteiger partial charge in [-0.25, -0.2) is 13.1 Å². The average molecular weight is 356 g/mol. The van der Waals surface area contributed by atoms with E-state index in [1.165, 1.54) is 0 Å². The molecule has 0 aliphatic heterocycles. The maximum absolute atomic E-state index is 12.9. The smallest absolute Gasteiger partial charge is 0.241 e. The normalized spacial score (nSPS) is 13.5. The summed E-state index contributed by atoms with van der Waals surface area (Å²) in [5, 5.41) is 0. The summed E-state index contributed by atoms with van der Waals surface area (Å²) in [5.74, 6) is 0. The fourth-order valence-electron chi connectivity index (χ4n) is 3.23. The summed E-state index contributed by atoms with van der Waals surface area (Å²) in [7, 11) is -3.48. The molecule has 0 saturated carbocycles. The van der Waals surface area contributed by atoms with Crippen molar-refractivity contribution < 1.29 is 13.3 Å². The highest BCUT2D eigenvalue weighted by Crippen LogP contribution is 2.26. The highest BCUT2D eigenvalue weighted by atomic mass is 32.2. The van der Waals surface area contributed by atoms with E-state index < -0.39 is 10.0 Å². The quantitative estimate of drug-likeness (QED) is 0.714. The van der Waals surface area contributed by atoms with Crippen molar-refractivity contribution in [3.8, 4) is 0 Å². The molecule has 138 valence electrons. The van der Waals surface area contributed by atoms with Crippen molar-refractivity contribution in [2.75, 3.05) is 19.6 Å². The van der Waals surface area contributed by atoms with E-state index in [9.17, 15) is 8.42 Å². The first-order valence-electron chi connectivity index (χ1n) is 9.07. The number of nitrogens with one attached hydrogen (secondary N) is 2. The zero-order chi connectivity index (χ0) is 18.5. The van der Waals surface area contributed by atoms with Crippen LogP contribution in [0.5, 0.6) is 0 Å². The van der Waals surface area contributed by atoms with Crippen LogP contribution < -0.4 is 9.62 Å². The standard InChI is InChI=1S/C19H34N2O2S/c1-8-21(9-2)12-10-11-16(5)20-24(22,23)19-17(6)14(3)13-15(4)18(19)7/h13,16,20H,8-12H2,1-7H3/p+1/t16-/m1/s1. The molecule has 0 aliphatic carbocycles. The molecule has 24 heavy (non-hydrogen) atoms. The molecule has 1 aromatic rings. The van der Waals surface area contributed by atoms with E-state index in [4.69, 9.17) is 0 Å². The van der Waals surface area contributed by atoms with E-state index in [-0.39, 0.29) is 6.04 Å². The SMILES string of the molecule is CC[NH+](CC)CCC[C@@H](C)NS(=O)(=O)c1c(C)c(C)cc(C)c1C. The van der Waals surface area contributed by atoms with Crippen LogP contribution in [0.4, 0.5) is 0 Å². The molecule has 0 bridgehead atoms. The lowest BCUT2D eigenvalue weighted by atomic mass is 10.0. The topological polar surface area (TPSA) is 50.6 Å². The molecule has 0 radical (unpaired) electrons. The molecule has 0 fully saturated rings. The lowest BCUT2D eigenvalue weighted by Gasteiger charge is -2.20. The monoisotopic (exact) mass is 355 g/mol. The predicted molar refractivity (Wildman–Crippen MR) is 101 cm³/mol. The van der Waals surface area contributed by atoms with Crippen molar-refractivity contribution in [1.82, 2.24) is 4.72 Å². The van der Waals surface area contributed by atoms with E-state index in [0.29, 0.717) is 4.90 Å². The first-order valence-corrected chi connectivity index (χ1v) is 10.6. The minimum Gasteiger partial charge on any atom is -0.335 e. The van der Waals surface area contributed by atoms with Crippen LogP contribution in [-0.2, 0) is 10.0 Å². The van der Waals surface area contributed by atoms with E-state index in [2.05, 4.69) is 24.6 Å². The Morgan fingerprint density at radius 1 is 1.04 bits per heavy atom. The molecule has 0 aromatic heterocycles. The Morgan fingerprint density at radius 2 is 1.54 bits per heavy atom. The van der Waals surface area contributed by atoms with Crippen molar-refractivity contribution in [2.45, 2.75) is 72.2 Å². The minimum absolute atomic E-state index is 0.0513. The molecule has 1 atom stereocenters. The second-order valence-electron chi connectivity index (χ2n) is 6.96. The Bertz CT molecular complexity index is 624. The Morgan fingerprint density at radius 3 is 2.00 bits per heavy atom. The minimum atomic E-state index is -3.48. The maximum Gasteiger partial charge on any atom is 0.241 e. The first kappa shape index (κ1) is 21.1. The Labute approximate surface area is 148 Å². The van der Waals surface area contributed by atoms with Gasteiger partial charge in [-0.3, -0.25) is 0 Å². The highest BCUT2D eigenvalue weighted by Gasteiger charge is 2.23. The Kier molecular flexibility index (Phi) is 7.90. The van der Waals surface area contributed by atoms with E-state index in [1.54, 1.807) is 4.90 Å². The van der Waals surface area contributed by atoms with E-state index in [0.717, 1.165) is 54.7 Å². The lowest BCUT2D eigenvalue weighted by Crippen LogP contribution is -3.11. The average Bonchev–Trinajstić information content (AvgIpc) is 2.49. The van der Waals surface area contributed by atoms with Gasteiger partial charge in [0.25, 0.3) is 0 Å². The number of quaternary nitrogens is 1. The highest BCUT2D eigenvalue weighted by molar-refractivity contribution is 7.89. The maximum atomic E-state index is 12.9. The first-order chi connectivity index (χ1) is 11.1. The number of sulfonamides is 1. The molecule has 0 heterocycles. The number of aryl methyl sites for hydroxylation is 2. The third-order valence-electron chi connectivity index (χ3n) is 5.09. The molecule has 0 spiro atoms. The van der Waals surface area contributed by atoms with E-state index >= 15 is 0 Å². The molecular weight excluding hydrogens is 320 g/mol. The van der Waals surface area contributed by atoms with Gasteiger partial charge in [-0.05, 0) is 83.6 Å². The van der Waals surface area contributed by atoms with Crippen LogP contribution in [0.15, 0.2) is 11.0 Å². The Hall–Kier alpha value is -0.910. The third-order valence-corrected chi connectivity index (χ3v) is 6.95. The van der Waals surface area contributed by atoms with Gasteiger partial charge in [0.1, 0.15) is 0 Å². The van der Waals surface area contributed by atoms with Gasteiger partial charge in [0.15, 0.2) is 0 Å². The molecule has 0 saturated heterocycles. The van der Waals surface area contributed by atoms with Crippen LogP contribution in [-0.4, -0.2) is 34.1 Å². The molecule has 2 N–H and O–H groups in total. The molecule has 0 aliphatic rings. The Balaban J connectivity index is 2.84. The van der Waals surface area contributed by atoms with Crippen LogP contribution in [0.2, 0.25) is 0 Å². The summed E-state index contributed by atoms with van der Waals surface area (Å²) in [4.78, 5) is 2.02. The third kappa shape index (κ3) is 5.30. The summed E-state index contributed by atoms with van der Waals surface area (Å²) in [6, 6.07) is 2.00. The largest absolute Gasteiger partial charge is 0.335 e. The summed E-state index contributed by atoms with van der Waals surface area (Å²) in [6.45, 7) is 17.4. The van der Waals surface area contributed by atoms with Gasteiger partial charge >= 0.3 is 0 Å². The molecular formula is C19H35N2O2S+. The van der Waals surface area contributed by atoms with Gasteiger partial charge < -0.3 is 4.90 Å². The number of rotatable bonds is 9. The van der Waals surface area contributed by atoms with Gasteiger partial charge in [0, 0.05) is 6.04 Å². The molecule has 5 heteroatoms. The van der Waals surface area contributed by atoms with Gasteiger partial charge in [0.2, 0.25) is 10.0 Å². The second kappa shape index (κ2) is 8.97. The fraction of sp³-hybridized carbons (Fsp3) is 0.684. The molecule has 0 amide bonds. The van der Waals surface area contributed by atoms with Crippen molar-refractivity contribution in [2.24, 2.45) is 0 Å².